The van der Waals surface area contributed by atoms with Crippen molar-refractivity contribution in [3.8, 4) is 5.75 Å². The van der Waals surface area contributed by atoms with Crippen molar-refractivity contribution in [2.24, 2.45) is 5.10 Å². The second-order valence-electron chi connectivity index (χ2n) is 4.22. The summed E-state index contributed by atoms with van der Waals surface area (Å²) in [6.07, 6.45) is 1.25. The fourth-order valence-electron chi connectivity index (χ4n) is 1.63. The highest BCUT2D eigenvalue weighted by Gasteiger charge is 2.12. The van der Waals surface area contributed by atoms with E-state index in [1.165, 1.54) is 48.7 Å². The Kier molecular flexibility index (Phi) is 4.70. The molecule has 0 saturated heterocycles. The number of phenolic OH excluding ortho intramolecular Hbond substituents is 1. The lowest BCUT2D eigenvalue weighted by Gasteiger charge is -2.00. The largest absolute Gasteiger partial charge is 0.508 e. The summed E-state index contributed by atoms with van der Waals surface area (Å²) < 4.78 is 0. The van der Waals surface area contributed by atoms with Crippen molar-refractivity contribution in [2.75, 3.05) is 0 Å². The first-order valence-electron chi connectivity index (χ1n) is 6.04. The Bertz CT molecular complexity index is 762. The predicted octanol–water partition coefficient (Wildman–Crippen LogP) is 2.72. The number of phenols is 1. The summed E-state index contributed by atoms with van der Waals surface area (Å²) in [6.45, 7) is 0. The maximum Gasteiger partial charge on any atom is 0.288 e. The summed E-state index contributed by atoms with van der Waals surface area (Å²) >= 11 is 5.69. The minimum atomic E-state index is -0.606. The van der Waals surface area contributed by atoms with Crippen LogP contribution in [-0.4, -0.2) is 22.2 Å². The van der Waals surface area contributed by atoms with Crippen molar-refractivity contribution in [2.45, 2.75) is 0 Å². The third kappa shape index (κ3) is 3.80. The van der Waals surface area contributed by atoms with E-state index in [9.17, 15) is 20.0 Å². The molecule has 0 unspecified atom stereocenters. The third-order valence-corrected chi connectivity index (χ3v) is 2.97. The minimum Gasteiger partial charge on any atom is -0.508 e. The van der Waals surface area contributed by atoms with Gasteiger partial charge in [-0.1, -0.05) is 23.7 Å². The number of nitro groups is 1. The van der Waals surface area contributed by atoms with Gasteiger partial charge in [0.15, 0.2) is 0 Å². The van der Waals surface area contributed by atoms with Gasteiger partial charge in [-0.15, -0.1) is 0 Å². The second kappa shape index (κ2) is 6.68. The normalized spacial score (nSPS) is 10.6. The van der Waals surface area contributed by atoms with Gasteiger partial charge >= 0.3 is 0 Å². The molecular weight excluding hydrogens is 310 g/mol. The highest BCUT2D eigenvalue weighted by atomic mass is 35.5. The molecule has 112 valence electrons. The molecule has 1 amide bonds. The summed E-state index contributed by atoms with van der Waals surface area (Å²) in [5.41, 5.74) is 2.65. The topological polar surface area (TPSA) is 105 Å². The Morgan fingerprint density at radius 2 is 2.09 bits per heavy atom. The molecule has 22 heavy (non-hydrogen) atoms. The Balaban J connectivity index is 2.08. The highest BCUT2D eigenvalue weighted by Crippen LogP contribution is 2.24. The number of hydrazone groups is 1. The highest BCUT2D eigenvalue weighted by molar-refractivity contribution is 6.32. The second-order valence-corrected chi connectivity index (χ2v) is 4.62. The smallest absolute Gasteiger partial charge is 0.288 e. The predicted molar refractivity (Wildman–Crippen MR) is 81.3 cm³/mol. The van der Waals surface area contributed by atoms with E-state index in [1.807, 2.05) is 0 Å². The summed E-state index contributed by atoms with van der Waals surface area (Å²) in [5.74, 6) is -0.555. The van der Waals surface area contributed by atoms with Gasteiger partial charge < -0.3 is 5.11 Å². The van der Waals surface area contributed by atoms with Crippen LogP contribution in [0.15, 0.2) is 47.6 Å². The summed E-state index contributed by atoms with van der Waals surface area (Å²) in [5, 5.41) is 23.8. The molecule has 0 atom stereocenters. The van der Waals surface area contributed by atoms with E-state index in [0.717, 1.165) is 0 Å². The number of rotatable bonds is 4. The van der Waals surface area contributed by atoms with E-state index in [0.29, 0.717) is 5.56 Å². The van der Waals surface area contributed by atoms with Gasteiger partial charge in [0.05, 0.1) is 11.1 Å². The fourth-order valence-corrected chi connectivity index (χ4v) is 1.81. The molecule has 0 aromatic heterocycles. The van der Waals surface area contributed by atoms with Crippen LogP contribution in [0.3, 0.4) is 0 Å². The first-order chi connectivity index (χ1) is 10.5. The first-order valence-corrected chi connectivity index (χ1v) is 6.41. The number of carbonyl (C=O) groups excluding carboxylic acids is 1. The van der Waals surface area contributed by atoms with Crippen molar-refractivity contribution < 1.29 is 14.8 Å². The van der Waals surface area contributed by atoms with E-state index >= 15 is 0 Å². The van der Waals surface area contributed by atoms with Crippen LogP contribution >= 0.6 is 11.6 Å². The maximum absolute atomic E-state index is 11.8. The van der Waals surface area contributed by atoms with Crippen LogP contribution in [-0.2, 0) is 0 Å². The molecule has 0 bridgehead atoms. The van der Waals surface area contributed by atoms with E-state index in [-0.39, 0.29) is 22.0 Å². The van der Waals surface area contributed by atoms with Crippen LogP contribution in [0.5, 0.6) is 5.75 Å². The quantitative estimate of drug-likeness (QED) is 0.513. The molecule has 0 radical (unpaired) electrons. The molecule has 2 aromatic carbocycles. The van der Waals surface area contributed by atoms with Crippen LogP contribution in [0.4, 0.5) is 5.69 Å². The number of benzene rings is 2. The van der Waals surface area contributed by atoms with Crippen molar-refractivity contribution in [1.29, 1.82) is 0 Å². The van der Waals surface area contributed by atoms with Crippen LogP contribution in [0.2, 0.25) is 5.02 Å². The average molecular weight is 320 g/mol. The number of nitrogens with zero attached hydrogens (tertiary/aromatic N) is 2. The first kappa shape index (κ1) is 15.5. The Morgan fingerprint density at radius 3 is 2.77 bits per heavy atom. The Labute approximate surface area is 130 Å². The molecular formula is C14H10ClN3O4. The molecule has 0 heterocycles. The van der Waals surface area contributed by atoms with Crippen LogP contribution in [0.1, 0.15) is 15.9 Å². The molecule has 2 N–H and O–H groups in total. The number of halogens is 1. The van der Waals surface area contributed by atoms with Gasteiger partial charge in [-0.3, -0.25) is 14.9 Å². The van der Waals surface area contributed by atoms with Crippen LogP contribution < -0.4 is 5.43 Å². The average Bonchev–Trinajstić information content (AvgIpc) is 2.48. The van der Waals surface area contributed by atoms with Gasteiger partial charge in [0, 0.05) is 17.2 Å². The zero-order valence-corrected chi connectivity index (χ0v) is 11.8. The van der Waals surface area contributed by atoms with E-state index in [2.05, 4.69) is 10.5 Å². The summed E-state index contributed by atoms with van der Waals surface area (Å²) in [7, 11) is 0. The molecule has 0 aliphatic heterocycles. The van der Waals surface area contributed by atoms with Gasteiger partial charge in [0.2, 0.25) is 0 Å². The van der Waals surface area contributed by atoms with Crippen molar-refractivity contribution in [3.05, 3.63) is 68.7 Å². The Hall–Kier alpha value is -2.93. The number of hydrogen-bond acceptors (Lipinski definition) is 5. The molecule has 0 aliphatic rings. The van der Waals surface area contributed by atoms with Gasteiger partial charge in [-0.2, -0.15) is 5.10 Å². The molecule has 0 aliphatic carbocycles. The Morgan fingerprint density at radius 1 is 1.32 bits per heavy atom. The molecule has 0 fully saturated rings. The van der Waals surface area contributed by atoms with Crippen LogP contribution in [0, 0.1) is 10.1 Å². The van der Waals surface area contributed by atoms with E-state index in [4.69, 9.17) is 11.6 Å². The maximum atomic E-state index is 11.8. The molecule has 8 heteroatoms. The molecule has 0 spiro atoms. The molecule has 7 nitrogen and oxygen atoms in total. The zero-order valence-electron chi connectivity index (χ0n) is 11.1. The lowest BCUT2D eigenvalue weighted by atomic mass is 10.2. The third-order valence-electron chi connectivity index (χ3n) is 2.65. The molecule has 2 rings (SSSR count). The van der Waals surface area contributed by atoms with Crippen molar-refractivity contribution in [3.63, 3.8) is 0 Å². The fraction of sp³-hybridized carbons (Fsp3) is 0. The number of aromatic hydroxyl groups is 1. The summed E-state index contributed by atoms with van der Waals surface area (Å²) in [4.78, 5) is 21.9. The number of hydrogen-bond donors (Lipinski definition) is 2. The van der Waals surface area contributed by atoms with Crippen molar-refractivity contribution in [1.82, 2.24) is 5.43 Å². The lowest BCUT2D eigenvalue weighted by molar-refractivity contribution is -0.384. The van der Waals surface area contributed by atoms with Gasteiger partial charge in [0.25, 0.3) is 11.6 Å². The summed E-state index contributed by atoms with van der Waals surface area (Å²) in [6, 6.07) is 9.91. The number of carbonyl (C=O) groups is 1. The zero-order chi connectivity index (χ0) is 16.1. The van der Waals surface area contributed by atoms with Gasteiger partial charge in [0.1, 0.15) is 10.8 Å². The van der Waals surface area contributed by atoms with E-state index < -0.39 is 10.8 Å². The minimum absolute atomic E-state index is 0.0194. The SMILES string of the molecule is O=C(N/N=C\c1ccc(Cl)c([N+](=O)[O-])c1)c1cccc(O)c1. The number of nitro benzene ring substituents is 1. The van der Waals surface area contributed by atoms with Crippen molar-refractivity contribution >= 4 is 29.4 Å². The number of amides is 1. The monoisotopic (exact) mass is 319 g/mol. The number of nitrogens with one attached hydrogen (secondary N) is 1. The van der Waals surface area contributed by atoms with Crippen LogP contribution in [0.25, 0.3) is 0 Å². The standard InChI is InChI=1S/C14H10ClN3O4/c15-12-5-4-9(6-13(12)18(21)22)8-16-17-14(20)10-2-1-3-11(19)7-10/h1-8,19H,(H,17,20)/b16-8-. The lowest BCUT2D eigenvalue weighted by Crippen LogP contribution is -2.17. The van der Waals surface area contributed by atoms with Gasteiger partial charge in [-0.25, -0.2) is 5.43 Å². The molecule has 2 aromatic rings. The molecule has 0 saturated carbocycles. The van der Waals surface area contributed by atoms with Gasteiger partial charge in [-0.05, 0) is 24.3 Å². The van der Waals surface area contributed by atoms with E-state index in [1.54, 1.807) is 0 Å².